The second kappa shape index (κ2) is 7.71. The van der Waals surface area contributed by atoms with Gasteiger partial charge < -0.3 is 5.32 Å². The van der Waals surface area contributed by atoms with Crippen LogP contribution in [0.15, 0.2) is 53.5 Å². The van der Waals surface area contributed by atoms with Crippen molar-refractivity contribution in [1.82, 2.24) is 0 Å². The maximum atomic E-state index is 12.3. The van der Waals surface area contributed by atoms with Gasteiger partial charge in [-0.3, -0.25) is 14.9 Å². The van der Waals surface area contributed by atoms with Gasteiger partial charge in [0.1, 0.15) is 4.38 Å². The number of thioether (sulfide) groups is 2. The first-order valence-corrected chi connectivity index (χ1v) is 9.41. The number of anilines is 1. The summed E-state index contributed by atoms with van der Waals surface area (Å²) < 4.78 is 0.848. The predicted octanol–water partition coefficient (Wildman–Crippen LogP) is 4.59. The van der Waals surface area contributed by atoms with Crippen LogP contribution in [0.1, 0.15) is 12.5 Å². The molecule has 0 fully saturated rings. The number of carbonyl (C=O) groups is 1. The SMILES string of the molecule is C[C@@H](SC1=Nc2ccccc2CS1)C(=O)Nc1cccc([N+](=O)[O-])c1. The summed E-state index contributed by atoms with van der Waals surface area (Å²) in [5.41, 5.74) is 2.48. The van der Waals surface area contributed by atoms with Gasteiger partial charge >= 0.3 is 0 Å². The Kier molecular flexibility index (Phi) is 5.40. The molecule has 1 amide bonds. The van der Waals surface area contributed by atoms with Gasteiger partial charge in [-0.25, -0.2) is 4.99 Å². The molecule has 0 bridgehead atoms. The Morgan fingerprint density at radius 1 is 1.32 bits per heavy atom. The summed E-state index contributed by atoms with van der Waals surface area (Å²) in [7, 11) is 0. The van der Waals surface area contributed by atoms with E-state index in [9.17, 15) is 14.9 Å². The number of benzene rings is 2. The minimum absolute atomic E-state index is 0.0538. The zero-order valence-corrected chi connectivity index (χ0v) is 15.0. The van der Waals surface area contributed by atoms with Crippen LogP contribution < -0.4 is 5.32 Å². The van der Waals surface area contributed by atoms with E-state index in [1.807, 2.05) is 24.3 Å². The van der Waals surface area contributed by atoms with Crippen LogP contribution in [0.4, 0.5) is 17.1 Å². The number of nitrogens with one attached hydrogen (secondary N) is 1. The highest BCUT2D eigenvalue weighted by atomic mass is 32.2. The molecule has 0 spiro atoms. The Morgan fingerprint density at radius 3 is 2.92 bits per heavy atom. The molecule has 1 heterocycles. The van der Waals surface area contributed by atoms with Crippen molar-refractivity contribution in [1.29, 1.82) is 0 Å². The Morgan fingerprint density at radius 2 is 2.12 bits per heavy atom. The lowest BCUT2D eigenvalue weighted by Gasteiger charge is -2.17. The number of fused-ring (bicyclic) bond motifs is 1. The largest absolute Gasteiger partial charge is 0.325 e. The van der Waals surface area contributed by atoms with Crippen molar-refractivity contribution in [2.24, 2.45) is 4.99 Å². The highest BCUT2D eigenvalue weighted by molar-refractivity contribution is 8.39. The summed E-state index contributed by atoms with van der Waals surface area (Å²) in [6, 6.07) is 13.8. The lowest BCUT2D eigenvalue weighted by atomic mass is 10.2. The molecule has 1 aliphatic heterocycles. The zero-order valence-electron chi connectivity index (χ0n) is 13.3. The maximum Gasteiger partial charge on any atom is 0.271 e. The fraction of sp³-hybridized carbons (Fsp3) is 0.176. The molecule has 1 N–H and O–H groups in total. The smallest absolute Gasteiger partial charge is 0.271 e. The number of carbonyl (C=O) groups excluding carboxylic acids is 1. The van der Waals surface area contributed by atoms with Gasteiger partial charge in [-0.2, -0.15) is 0 Å². The molecule has 2 aromatic rings. The van der Waals surface area contributed by atoms with Crippen LogP contribution in [0.5, 0.6) is 0 Å². The van der Waals surface area contributed by atoms with Crippen molar-refractivity contribution < 1.29 is 9.72 Å². The van der Waals surface area contributed by atoms with Crippen LogP contribution in [-0.2, 0) is 10.5 Å². The molecule has 6 nitrogen and oxygen atoms in total. The van der Waals surface area contributed by atoms with E-state index in [1.165, 1.54) is 29.5 Å². The molecule has 0 unspecified atom stereocenters. The number of non-ortho nitro benzene ring substituents is 1. The van der Waals surface area contributed by atoms with Crippen LogP contribution in [0, 0.1) is 10.1 Å². The molecule has 0 aromatic heterocycles. The molecule has 0 saturated heterocycles. The monoisotopic (exact) mass is 373 g/mol. The molecule has 1 aliphatic rings. The van der Waals surface area contributed by atoms with E-state index in [0.717, 1.165) is 15.8 Å². The van der Waals surface area contributed by atoms with Gasteiger partial charge in [-0.05, 0) is 24.6 Å². The normalized spacial score (nSPS) is 14.2. The number of nitro benzene ring substituents is 1. The third-order valence-electron chi connectivity index (χ3n) is 3.53. The van der Waals surface area contributed by atoms with E-state index in [4.69, 9.17) is 0 Å². The molecule has 1 atom stereocenters. The summed E-state index contributed by atoms with van der Waals surface area (Å²) >= 11 is 3.00. The molecular weight excluding hydrogens is 358 g/mol. The first-order chi connectivity index (χ1) is 12.0. The Balaban J connectivity index is 1.65. The lowest BCUT2D eigenvalue weighted by Crippen LogP contribution is -2.23. The molecule has 0 saturated carbocycles. The average Bonchev–Trinajstić information content (AvgIpc) is 2.61. The number of amides is 1. The number of aliphatic imine (C=N–C) groups is 1. The lowest BCUT2D eigenvalue weighted by molar-refractivity contribution is -0.384. The molecule has 2 aromatic carbocycles. The molecule has 8 heteroatoms. The predicted molar refractivity (Wildman–Crippen MR) is 104 cm³/mol. The number of rotatable bonds is 4. The van der Waals surface area contributed by atoms with Gasteiger partial charge in [-0.15, -0.1) is 0 Å². The van der Waals surface area contributed by atoms with Crippen molar-refractivity contribution in [3.05, 3.63) is 64.2 Å². The molecule has 0 aliphatic carbocycles. The number of para-hydroxylation sites is 1. The van der Waals surface area contributed by atoms with Gasteiger partial charge in [0.05, 0.1) is 15.9 Å². The van der Waals surface area contributed by atoms with Gasteiger partial charge in [-0.1, -0.05) is 47.8 Å². The fourth-order valence-electron chi connectivity index (χ4n) is 2.22. The van der Waals surface area contributed by atoms with Crippen molar-refractivity contribution >= 4 is 50.9 Å². The van der Waals surface area contributed by atoms with E-state index in [1.54, 1.807) is 30.8 Å². The van der Waals surface area contributed by atoms with Crippen LogP contribution in [0.25, 0.3) is 0 Å². The van der Waals surface area contributed by atoms with E-state index in [0.29, 0.717) is 5.69 Å². The van der Waals surface area contributed by atoms with Crippen molar-refractivity contribution in [3.8, 4) is 0 Å². The van der Waals surface area contributed by atoms with E-state index in [-0.39, 0.29) is 16.8 Å². The summed E-state index contributed by atoms with van der Waals surface area (Å²) in [6.45, 7) is 1.79. The minimum atomic E-state index is -0.487. The Bertz CT molecular complexity index is 855. The van der Waals surface area contributed by atoms with E-state index in [2.05, 4.69) is 10.3 Å². The third kappa shape index (κ3) is 4.40. The first-order valence-electron chi connectivity index (χ1n) is 7.54. The highest BCUT2D eigenvalue weighted by Gasteiger charge is 2.20. The molecule has 25 heavy (non-hydrogen) atoms. The Labute approximate surface area is 153 Å². The number of nitro groups is 1. The third-order valence-corrected chi connectivity index (χ3v) is 5.82. The molecule has 128 valence electrons. The zero-order chi connectivity index (χ0) is 17.8. The van der Waals surface area contributed by atoms with Gasteiger partial charge in [0.15, 0.2) is 0 Å². The Hall–Kier alpha value is -2.32. The minimum Gasteiger partial charge on any atom is -0.325 e. The van der Waals surface area contributed by atoms with Gasteiger partial charge in [0.2, 0.25) is 5.91 Å². The van der Waals surface area contributed by atoms with Crippen molar-refractivity contribution in [2.45, 2.75) is 17.9 Å². The number of nitrogens with zero attached hydrogens (tertiary/aromatic N) is 2. The van der Waals surface area contributed by atoms with E-state index < -0.39 is 4.92 Å². The molecular formula is C17H15N3O3S2. The maximum absolute atomic E-state index is 12.3. The summed E-state index contributed by atoms with van der Waals surface area (Å²) in [6.07, 6.45) is 0. The van der Waals surface area contributed by atoms with E-state index >= 15 is 0 Å². The van der Waals surface area contributed by atoms with Gasteiger partial charge in [0, 0.05) is 23.6 Å². The molecule has 0 radical (unpaired) electrons. The second-order valence-electron chi connectivity index (χ2n) is 5.35. The molecule has 3 rings (SSSR count). The highest BCUT2D eigenvalue weighted by Crippen LogP contribution is 2.36. The van der Waals surface area contributed by atoms with Crippen LogP contribution in [0.2, 0.25) is 0 Å². The van der Waals surface area contributed by atoms with Crippen molar-refractivity contribution in [3.63, 3.8) is 0 Å². The summed E-state index contributed by atoms with van der Waals surface area (Å²) in [5, 5.41) is 13.2. The van der Waals surface area contributed by atoms with Crippen LogP contribution in [-0.4, -0.2) is 20.5 Å². The second-order valence-corrected chi connectivity index (χ2v) is 7.90. The van der Waals surface area contributed by atoms with Crippen LogP contribution in [0.3, 0.4) is 0 Å². The van der Waals surface area contributed by atoms with Crippen molar-refractivity contribution in [2.75, 3.05) is 5.32 Å². The van der Waals surface area contributed by atoms with Gasteiger partial charge in [0.25, 0.3) is 5.69 Å². The fourth-order valence-corrected chi connectivity index (χ4v) is 4.41. The number of hydrogen-bond donors (Lipinski definition) is 1. The first kappa shape index (κ1) is 17.5. The average molecular weight is 373 g/mol. The van der Waals surface area contributed by atoms with Crippen LogP contribution >= 0.6 is 23.5 Å². The topological polar surface area (TPSA) is 84.6 Å². The standard InChI is InChI=1S/C17H15N3O3S2/c1-11(16(21)18-13-6-4-7-14(9-13)20(22)23)25-17-19-15-8-3-2-5-12(15)10-24-17/h2-9,11H,10H2,1H3,(H,18,21)/t11-/m1/s1. The number of hydrogen-bond acceptors (Lipinski definition) is 6. The quantitative estimate of drug-likeness (QED) is 0.626. The summed E-state index contributed by atoms with van der Waals surface area (Å²) in [4.78, 5) is 27.3. The summed E-state index contributed by atoms with van der Waals surface area (Å²) in [5.74, 6) is 0.619.